The maximum absolute atomic E-state index is 11.8. The van der Waals surface area contributed by atoms with Gasteiger partial charge in [-0.1, -0.05) is 4.49 Å². The summed E-state index contributed by atoms with van der Waals surface area (Å²) in [6.07, 6.45) is 0.129. The van der Waals surface area contributed by atoms with Gasteiger partial charge in [-0.05, 0) is 18.5 Å². The smallest absolute Gasteiger partial charge is 0.303 e. The van der Waals surface area contributed by atoms with E-state index in [1.165, 1.54) is 0 Å². The lowest BCUT2D eigenvalue weighted by Gasteiger charge is -2.38. The summed E-state index contributed by atoms with van der Waals surface area (Å²) in [4.78, 5) is 24.5. The molecular weight excluding hydrogens is 230 g/mol. The third-order valence-corrected chi connectivity index (χ3v) is 3.37. The highest BCUT2D eigenvalue weighted by molar-refractivity contribution is 7.07. The largest absolute Gasteiger partial charge is 0.481 e. The lowest BCUT2D eigenvalue weighted by atomic mass is 9.96. The van der Waals surface area contributed by atoms with Crippen molar-refractivity contribution in [2.75, 3.05) is 13.1 Å². The van der Waals surface area contributed by atoms with E-state index in [0.29, 0.717) is 23.7 Å². The molecule has 0 bridgehead atoms. The van der Waals surface area contributed by atoms with Crippen molar-refractivity contribution in [3.8, 4) is 0 Å². The van der Waals surface area contributed by atoms with E-state index in [4.69, 9.17) is 5.11 Å². The zero-order valence-corrected chi connectivity index (χ0v) is 9.53. The summed E-state index contributed by atoms with van der Waals surface area (Å²) in [6, 6.07) is 0. The van der Waals surface area contributed by atoms with Gasteiger partial charge in [-0.15, -0.1) is 5.10 Å². The fourth-order valence-corrected chi connectivity index (χ4v) is 2.31. The maximum atomic E-state index is 11.8. The van der Waals surface area contributed by atoms with Crippen LogP contribution in [-0.4, -0.2) is 44.6 Å². The fourth-order valence-electron chi connectivity index (χ4n) is 1.68. The Bertz CT molecular complexity index is 425. The topological polar surface area (TPSA) is 83.4 Å². The Morgan fingerprint density at radius 3 is 2.75 bits per heavy atom. The van der Waals surface area contributed by atoms with Crippen molar-refractivity contribution in [3.05, 3.63) is 10.6 Å². The van der Waals surface area contributed by atoms with Crippen LogP contribution in [0.4, 0.5) is 0 Å². The van der Waals surface area contributed by atoms with Crippen molar-refractivity contribution in [3.63, 3.8) is 0 Å². The first-order chi connectivity index (χ1) is 7.58. The van der Waals surface area contributed by atoms with E-state index in [1.807, 2.05) is 0 Å². The predicted molar refractivity (Wildman–Crippen MR) is 56.3 cm³/mol. The predicted octanol–water partition coefficient (Wildman–Crippen LogP) is 0.393. The summed E-state index contributed by atoms with van der Waals surface area (Å²) >= 11 is 1.08. The first kappa shape index (κ1) is 11.0. The number of aryl methyl sites for hydroxylation is 1. The molecule has 2 heterocycles. The van der Waals surface area contributed by atoms with Crippen LogP contribution < -0.4 is 0 Å². The van der Waals surface area contributed by atoms with E-state index >= 15 is 0 Å². The molecule has 1 aliphatic heterocycles. The maximum Gasteiger partial charge on any atom is 0.303 e. The number of likely N-dealkylation sites (tertiary alicyclic amines) is 1. The summed E-state index contributed by atoms with van der Waals surface area (Å²) in [5.41, 5.74) is 0.636. The van der Waals surface area contributed by atoms with Gasteiger partial charge in [-0.3, -0.25) is 9.59 Å². The molecule has 1 aromatic heterocycles. The van der Waals surface area contributed by atoms with Gasteiger partial charge in [-0.2, -0.15) is 0 Å². The molecular formula is C9H11N3O3S. The zero-order chi connectivity index (χ0) is 11.7. The lowest BCUT2D eigenvalue weighted by molar-refractivity contribution is -0.139. The van der Waals surface area contributed by atoms with Crippen LogP contribution in [0.1, 0.15) is 21.8 Å². The summed E-state index contributed by atoms with van der Waals surface area (Å²) < 4.78 is 3.70. The molecule has 0 aliphatic carbocycles. The highest BCUT2D eigenvalue weighted by atomic mass is 32.1. The first-order valence-corrected chi connectivity index (χ1v) is 5.65. The Hall–Kier alpha value is -1.50. The number of carbonyl (C=O) groups excluding carboxylic acids is 1. The lowest BCUT2D eigenvalue weighted by Crippen LogP contribution is -2.50. The molecule has 1 aromatic rings. The van der Waals surface area contributed by atoms with Crippen molar-refractivity contribution in [1.82, 2.24) is 14.5 Å². The minimum Gasteiger partial charge on any atom is -0.481 e. The second-order valence-corrected chi connectivity index (χ2v) is 4.62. The molecule has 0 aromatic carbocycles. The van der Waals surface area contributed by atoms with Crippen molar-refractivity contribution in [2.45, 2.75) is 13.3 Å². The monoisotopic (exact) mass is 241 g/mol. The van der Waals surface area contributed by atoms with E-state index in [-0.39, 0.29) is 18.2 Å². The normalized spacial score (nSPS) is 15.9. The molecule has 16 heavy (non-hydrogen) atoms. The van der Waals surface area contributed by atoms with Gasteiger partial charge < -0.3 is 10.0 Å². The van der Waals surface area contributed by atoms with Crippen LogP contribution in [0.2, 0.25) is 0 Å². The van der Waals surface area contributed by atoms with Crippen LogP contribution in [0.25, 0.3) is 0 Å². The van der Waals surface area contributed by atoms with Crippen LogP contribution in [0.3, 0.4) is 0 Å². The third-order valence-electron chi connectivity index (χ3n) is 2.55. The van der Waals surface area contributed by atoms with E-state index in [2.05, 4.69) is 9.59 Å². The summed E-state index contributed by atoms with van der Waals surface area (Å²) in [5, 5.41) is 12.4. The SMILES string of the molecule is Cc1nnsc1C(=O)N1CC(CC(=O)O)C1. The number of hydrogen-bond acceptors (Lipinski definition) is 5. The molecule has 7 heteroatoms. The Morgan fingerprint density at radius 1 is 1.56 bits per heavy atom. The first-order valence-electron chi connectivity index (χ1n) is 4.88. The van der Waals surface area contributed by atoms with Crippen molar-refractivity contribution in [2.24, 2.45) is 5.92 Å². The van der Waals surface area contributed by atoms with Crippen LogP contribution in [-0.2, 0) is 4.79 Å². The van der Waals surface area contributed by atoms with E-state index < -0.39 is 5.97 Å². The molecule has 2 rings (SSSR count). The summed E-state index contributed by atoms with van der Waals surface area (Å²) in [7, 11) is 0. The van der Waals surface area contributed by atoms with Gasteiger partial charge in [0.1, 0.15) is 4.88 Å². The minimum absolute atomic E-state index is 0.0858. The van der Waals surface area contributed by atoms with Gasteiger partial charge in [0.05, 0.1) is 12.1 Å². The number of rotatable bonds is 3. The number of carboxylic acids is 1. The molecule has 1 aliphatic rings. The molecule has 1 N–H and O–H groups in total. The Kier molecular flexibility index (Phi) is 2.86. The van der Waals surface area contributed by atoms with Crippen LogP contribution >= 0.6 is 11.5 Å². The number of aliphatic carboxylic acids is 1. The fraction of sp³-hybridized carbons (Fsp3) is 0.556. The van der Waals surface area contributed by atoms with Crippen molar-refractivity contribution < 1.29 is 14.7 Å². The second-order valence-electron chi connectivity index (χ2n) is 3.86. The molecule has 0 saturated carbocycles. The van der Waals surface area contributed by atoms with Gasteiger partial charge in [0.15, 0.2) is 0 Å². The number of carboxylic acid groups (broad SMARTS) is 1. The highest BCUT2D eigenvalue weighted by Crippen LogP contribution is 2.23. The molecule has 6 nitrogen and oxygen atoms in total. The average molecular weight is 241 g/mol. The quantitative estimate of drug-likeness (QED) is 0.827. The number of carbonyl (C=O) groups is 2. The second kappa shape index (κ2) is 4.17. The zero-order valence-electron chi connectivity index (χ0n) is 8.71. The van der Waals surface area contributed by atoms with Gasteiger partial charge in [0, 0.05) is 19.0 Å². The Morgan fingerprint density at radius 2 is 2.25 bits per heavy atom. The van der Waals surface area contributed by atoms with Gasteiger partial charge in [-0.25, -0.2) is 0 Å². The van der Waals surface area contributed by atoms with Gasteiger partial charge in [0.2, 0.25) is 0 Å². The molecule has 1 amide bonds. The van der Waals surface area contributed by atoms with E-state index in [9.17, 15) is 9.59 Å². The molecule has 86 valence electrons. The van der Waals surface area contributed by atoms with E-state index in [0.717, 1.165) is 11.5 Å². The summed E-state index contributed by atoms with van der Waals surface area (Å²) in [5.74, 6) is -0.815. The standard InChI is InChI=1S/C9H11N3O3S/c1-5-8(16-11-10-5)9(15)12-3-6(4-12)2-7(13)14/h6H,2-4H2,1H3,(H,13,14). The number of hydrogen-bond donors (Lipinski definition) is 1. The number of amides is 1. The number of nitrogens with zero attached hydrogens (tertiary/aromatic N) is 3. The summed E-state index contributed by atoms with van der Waals surface area (Å²) in [6.45, 7) is 2.77. The Labute approximate surface area is 96.0 Å². The molecule has 0 radical (unpaired) electrons. The van der Waals surface area contributed by atoms with Crippen LogP contribution in [0.15, 0.2) is 0 Å². The Balaban J connectivity index is 1.91. The van der Waals surface area contributed by atoms with E-state index in [1.54, 1.807) is 11.8 Å². The van der Waals surface area contributed by atoms with Crippen molar-refractivity contribution >= 4 is 23.4 Å². The molecule has 0 unspecified atom stereocenters. The molecule has 0 atom stereocenters. The van der Waals surface area contributed by atoms with Crippen LogP contribution in [0.5, 0.6) is 0 Å². The van der Waals surface area contributed by atoms with Crippen molar-refractivity contribution in [1.29, 1.82) is 0 Å². The average Bonchev–Trinajstić information content (AvgIpc) is 2.56. The number of aromatic nitrogens is 2. The molecule has 1 fully saturated rings. The van der Waals surface area contributed by atoms with Crippen LogP contribution in [0, 0.1) is 12.8 Å². The van der Waals surface area contributed by atoms with Gasteiger partial charge >= 0.3 is 5.97 Å². The molecule has 1 saturated heterocycles. The van der Waals surface area contributed by atoms with Gasteiger partial charge in [0.25, 0.3) is 5.91 Å². The highest BCUT2D eigenvalue weighted by Gasteiger charge is 2.33. The third kappa shape index (κ3) is 2.04. The molecule has 0 spiro atoms. The minimum atomic E-state index is -0.812.